The maximum absolute atomic E-state index is 13.4. The highest BCUT2D eigenvalue weighted by Crippen LogP contribution is 2.43. The highest BCUT2D eigenvalue weighted by atomic mass is 16.5. The van der Waals surface area contributed by atoms with Gasteiger partial charge in [0.15, 0.2) is 11.5 Å². The van der Waals surface area contributed by atoms with Gasteiger partial charge in [-0.15, -0.1) is 0 Å². The molecule has 2 aromatic rings. The SMILES string of the molecule is COc1ccc(OC)c(C2C(C(=O)C=Cc3ccccc3)=C(O)C(=O)N2CCCN2CCOCC2)c1. The molecule has 1 amide bonds. The van der Waals surface area contributed by atoms with Crippen LogP contribution in [0.25, 0.3) is 6.08 Å². The molecule has 8 nitrogen and oxygen atoms in total. The van der Waals surface area contributed by atoms with Crippen molar-refractivity contribution in [3.8, 4) is 11.5 Å². The molecule has 0 saturated carbocycles. The molecule has 2 heterocycles. The smallest absolute Gasteiger partial charge is 0.290 e. The molecule has 2 aliphatic heterocycles. The molecule has 1 N–H and O–H groups in total. The molecule has 1 atom stereocenters. The van der Waals surface area contributed by atoms with E-state index >= 15 is 0 Å². The summed E-state index contributed by atoms with van der Waals surface area (Å²) in [6.07, 6.45) is 3.75. The number of amides is 1. The Bertz CT molecular complexity index is 1140. The fraction of sp³-hybridized carbons (Fsp3) is 0.357. The van der Waals surface area contributed by atoms with Crippen LogP contribution in [0.3, 0.4) is 0 Å². The van der Waals surface area contributed by atoms with Gasteiger partial charge in [-0.3, -0.25) is 14.5 Å². The summed E-state index contributed by atoms with van der Waals surface area (Å²) in [5.41, 5.74) is 1.45. The first-order valence-electron chi connectivity index (χ1n) is 12.1. The molecule has 1 saturated heterocycles. The predicted molar refractivity (Wildman–Crippen MR) is 136 cm³/mol. The van der Waals surface area contributed by atoms with Gasteiger partial charge in [-0.2, -0.15) is 0 Å². The molecule has 2 aliphatic rings. The van der Waals surface area contributed by atoms with Crippen molar-refractivity contribution in [3.05, 3.63) is 77.1 Å². The van der Waals surface area contributed by atoms with Crippen LogP contribution in [0.2, 0.25) is 0 Å². The number of rotatable bonds is 10. The lowest BCUT2D eigenvalue weighted by atomic mass is 9.94. The number of morpholine rings is 1. The Morgan fingerprint density at radius 2 is 1.83 bits per heavy atom. The van der Waals surface area contributed by atoms with E-state index in [0.29, 0.717) is 43.2 Å². The Morgan fingerprint density at radius 3 is 2.53 bits per heavy atom. The first-order chi connectivity index (χ1) is 17.5. The topological polar surface area (TPSA) is 88.5 Å². The summed E-state index contributed by atoms with van der Waals surface area (Å²) in [7, 11) is 3.08. The van der Waals surface area contributed by atoms with E-state index in [4.69, 9.17) is 14.2 Å². The Hall–Kier alpha value is -3.62. The van der Waals surface area contributed by atoms with Crippen LogP contribution in [0.4, 0.5) is 0 Å². The molecular weight excluding hydrogens is 460 g/mol. The number of carbonyl (C=O) groups is 2. The van der Waals surface area contributed by atoms with Crippen LogP contribution in [-0.2, 0) is 14.3 Å². The van der Waals surface area contributed by atoms with E-state index in [1.807, 2.05) is 30.3 Å². The number of hydrogen-bond donors (Lipinski definition) is 1. The van der Waals surface area contributed by atoms with Gasteiger partial charge in [0.25, 0.3) is 5.91 Å². The minimum Gasteiger partial charge on any atom is -0.503 e. The average molecular weight is 493 g/mol. The number of aliphatic hydroxyl groups excluding tert-OH is 1. The molecule has 0 radical (unpaired) electrons. The van der Waals surface area contributed by atoms with Crippen molar-refractivity contribution in [3.63, 3.8) is 0 Å². The van der Waals surface area contributed by atoms with E-state index < -0.39 is 23.5 Å². The fourth-order valence-electron chi connectivity index (χ4n) is 4.63. The number of aliphatic hydroxyl groups is 1. The van der Waals surface area contributed by atoms with Crippen molar-refractivity contribution in [2.45, 2.75) is 12.5 Å². The van der Waals surface area contributed by atoms with Gasteiger partial charge in [-0.25, -0.2) is 0 Å². The molecule has 36 heavy (non-hydrogen) atoms. The van der Waals surface area contributed by atoms with Crippen molar-refractivity contribution in [2.24, 2.45) is 0 Å². The van der Waals surface area contributed by atoms with E-state index in [1.165, 1.54) is 13.2 Å². The van der Waals surface area contributed by atoms with E-state index in [1.54, 1.807) is 36.3 Å². The third-order valence-corrected chi connectivity index (χ3v) is 6.50. The fourth-order valence-corrected chi connectivity index (χ4v) is 4.63. The first kappa shape index (κ1) is 25.5. The van der Waals surface area contributed by atoms with Crippen molar-refractivity contribution < 1.29 is 28.9 Å². The molecule has 2 aromatic carbocycles. The zero-order valence-corrected chi connectivity index (χ0v) is 20.7. The van der Waals surface area contributed by atoms with E-state index in [2.05, 4.69) is 4.90 Å². The number of allylic oxidation sites excluding steroid dienone is 1. The summed E-state index contributed by atoms with van der Waals surface area (Å²) in [5, 5.41) is 10.9. The Kier molecular flexibility index (Phi) is 8.40. The van der Waals surface area contributed by atoms with Crippen molar-refractivity contribution in [1.29, 1.82) is 0 Å². The van der Waals surface area contributed by atoms with Crippen LogP contribution in [0.15, 0.2) is 65.9 Å². The molecule has 0 aromatic heterocycles. The second-order valence-corrected chi connectivity index (χ2v) is 8.69. The largest absolute Gasteiger partial charge is 0.503 e. The first-order valence-corrected chi connectivity index (χ1v) is 12.1. The monoisotopic (exact) mass is 492 g/mol. The number of ether oxygens (including phenoxy) is 3. The summed E-state index contributed by atoms with van der Waals surface area (Å²) in [4.78, 5) is 30.5. The van der Waals surface area contributed by atoms with Gasteiger partial charge >= 0.3 is 0 Å². The second kappa shape index (κ2) is 11.9. The van der Waals surface area contributed by atoms with Gasteiger partial charge in [0.2, 0.25) is 0 Å². The van der Waals surface area contributed by atoms with Gasteiger partial charge in [0.1, 0.15) is 11.5 Å². The summed E-state index contributed by atoms with van der Waals surface area (Å²) in [6.45, 7) is 4.23. The molecule has 0 aliphatic carbocycles. The van der Waals surface area contributed by atoms with Gasteiger partial charge in [-0.1, -0.05) is 36.4 Å². The van der Waals surface area contributed by atoms with Crippen molar-refractivity contribution in [2.75, 3.05) is 53.6 Å². The lowest BCUT2D eigenvalue weighted by Gasteiger charge is -2.30. The normalized spacial score (nSPS) is 18.8. The summed E-state index contributed by atoms with van der Waals surface area (Å²) >= 11 is 0. The van der Waals surface area contributed by atoms with Gasteiger partial charge in [0.05, 0.1) is 39.0 Å². The van der Waals surface area contributed by atoms with Crippen molar-refractivity contribution >= 4 is 17.8 Å². The second-order valence-electron chi connectivity index (χ2n) is 8.69. The standard InChI is InChI=1S/C28H32N2O6/c1-34-21-10-12-24(35-2)22(19-21)26-25(23(31)11-9-20-7-4-3-5-8-20)27(32)28(33)30(26)14-6-13-29-15-17-36-18-16-29/h3-5,7-12,19,26,32H,6,13-18H2,1-2H3. The molecule has 1 unspecified atom stereocenters. The summed E-state index contributed by atoms with van der Waals surface area (Å²) < 4.78 is 16.4. The van der Waals surface area contributed by atoms with E-state index in [0.717, 1.165) is 25.2 Å². The average Bonchev–Trinajstić information content (AvgIpc) is 3.17. The van der Waals surface area contributed by atoms with Crippen LogP contribution < -0.4 is 9.47 Å². The summed E-state index contributed by atoms with van der Waals surface area (Å²) in [5.74, 6) is -0.471. The van der Waals surface area contributed by atoms with Crippen LogP contribution >= 0.6 is 0 Å². The molecule has 0 spiro atoms. The van der Waals surface area contributed by atoms with E-state index in [-0.39, 0.29) is 5.57 Å². The Morgan fingerprint density at radius 1 is 1.08 bits per heavy atom. The third-order valence-electron chi connectivity index (χ3n) is 6.50. The maximum atomic E-state index is 13.4. The number of nitrogens with zero attached hydrogens (tertiary/aromatic N) is 2. The van der Waals surface area contributed by atoms with Crippen LogP contribution in [0, 0.1) is 0 Å². The minimum absolute atomic E-state index is 0.0325. The third kappa shape index (κ3) is 5.61. The molecule has 8 heteroatoms. The number of ketones is 1. The number of methoxy groups -OCH3 is 2. The number of carbonyl (C=O) groups excluding carboxylic acids is 2. The Balaban J connectivity index is 1.66. The minimum atomic E-state index is -0.805. The molecular formula is C28H32N2O6. The highest BCUT2D eigenvalue weighted by molar-refractivity contribution is 6.14. The quantitative estimate of drug-likeness (QED) is 0.509. The number of benzene rings is 2. The lowest BCUT2D eigenvalue weighted by molar-refractivity contribution is -0.129. The van der Waals surface area contributed by atoms with Crippen LogP contribution in [-0.4, -0.2) is 80.2 Å². The molecule has 190 valence electrons. The molecule has 1 fully saturated rings. The zero-order chi connectivity index (χ0) is 25.5. The van der Waals surface area contributed by atoms with Crippen molar-refractivity contribution in [1.82, 2.24) is 9.80 Å². The van der Waals surface area contributed by atoms with Crippen LogP contribution in [0.5, 0.6) is 11.5 Å². The lowest BCUT2D eigenvalue weighted by Crippen LogP contribution is -2.39. The van der Waals surface area contributed by atoms with Crippen LogP contribution in [0.1, 0.15) is 23.6 Å². The summed E-state index contributed by atoms with van der Waals surface area (Å²) in [6, 6.07) is 13.8. The predicted octanol–water partition coefficient (Wildman–Crippen LogP) is 3.40. The Labute approximate surface area is 211 Å². The highest BCUT2D eigenvalue weighted by Gasteiger charge is 2.44. The van der Waals surface area contributed by atoms with E-state index in [9.17, 15) is 14.7 Å². The molecule has 0 bridgehead atoms. The van der Waals surface area contributed by atoms with Gasteiger partial charge in [-0.05, 0) is 36.3 Å². The van der Waals surface area contributed by atoms with Gasteiger partial charge in [0, 0.05) is 31.7 Å². The molecule has 4 rings (SSSR count). The maximum Gasteiger partial charge on any atom is 0.290 e. The van der Waals surface area contributed by atoms with Gasteiger partial charge < -0.3 is 24.2 Å². The number of hydrogen-bond acceptors (Lipinski definition) is 7. The zero-order valence-electron chi connectivity index (χ0n) is 20.7.